The van der Waals surface area contributed by atoms with Gasteiger partial charge < -0.3 is 20.0 Å². The molecule has 1 aromatic carbocycles. The molecule has 1 amide bonds. The zero-order chi connectivity index (χ0) is 19.3. The molecule has 1 fully saturated rings. The number of benzene rings is 1. The van der Waals surface area contributed by atoms with Crippen molar-refractivity contribution in [2.75, 3.05) is 58.8 Å². The first-order valence-corrected chi connectivity index (χ1v) is 8.30. The summed E-state index contributed by atoms with van der Waals surface area (Å²) < 4.78 is 38.6. The molecule has 0 atom stereocenters. The van der Waals surface area contributed by atoms with E-state index in [4.69, 9.17) is 0 Å². The van der Waals surface area contributed by atoms with Gasteiger partial charge in [0.15, 0.2) is 5.96 Å². The fourth-order valence-electron chi connectivity index (χ4n) is 2.70. The molecule has 9 heteroatoms. The number of alkyl halides is 3. The number of amides is 1. The SMILES string of the molecule is CN=C(NCC(=O)N(C)C)N1CCN(c2cccc(C(F)(F)F)c2)CC1. The number of anilines is 1. The monoisotopic (exact) mass is 371 g/mol. The van der Waals surface area contributed by atoms with Crippen LogP contribution in [-0.4, -0.2) is 75.5 Å². The average Bonchev–Trinajstić information content (AvgIpc) is 2.62. The van der Waals surface area contributed by atoms with E-state index in [9.17, 15) is 18.0 Å². The zero-order valence-corrected chi connectivity index (χ0v) is 15.2. The van der Waals surface area contributed by atoms with Gasteiger partial charge in [-0.2, -0.15) is 13.2 Å². The molecule has 1 saturated heterocycles. The number of hydrogen-bond acceptors (Lipinski definition) is 3. The third kappa shape index (κ3) is 5.03. The van der Waals surface area contributed by atoms with Crippen molar-refractivity contribution < 1.29 is 18.0 Å². The number of halogens is 3. The van der Waals surface area contributed by atoms with Crippen LogP contribution >= 0.6 is 0 Å². The Morgan fingerprint density at radius 3 is 2.42 bits per heavy atom. The number of rotatable bonds is 3. The summed E-state index contributed by atoms with van der Waals surface area (Å²) >= 11 is 0. The smallest absolute Gasteiger partial charge is 0.368 e. The lowest BCUT2D eigenvalue weighted by Crippen LogP contribution is -2.53. The topological polar surface area (TPSA) is 51.2 Å². The quantitative estimate of drug-likeness (QED) is 0.646. The summed E-state index contributed by atoms with van der Waals surface area (Å²) in [7, 11) is 5.00. The number of carbonyl (C=O) groups excluding carboxylic acids is 1. The standard InChI is InChI=1S/C17H24F3N5O/c1-21-16(22-12-15(26)23(2)3)25-9-7-24(8-10-25)14-6-4-5-13(11-14)17(18,19)20/h4-6,11H,7-10,12H2,1-3H3,(H,21,22). The third-order valence-corrected chi connectivity index (χ3v) is 4.23. The number of aliphatic imine (C=N–C) groups is 1. The van der Waals surface area contributed by atoms with Crippen LogP contribution in [0, 0.1) is 0 Å². The molecule has 6 nitrogen and oxygen atoms in total. The number of piperazine rings is 1. The highest BCUT2D eigenvalue weighted by Crippen LogP contribution is 2.31. The van der Waals surface area contributed by atoms with Crippen molar-refractivity contribution in [1.29, 1.82) is 0 Å². The summed E-state index contributed by atoms with van der Waals surface area (Å²) in [5, 5.41) is 3.02. The lowest BCUT2D eigenvalue weighted by molar-refractivity contribution is -0.137. The van der Waals surface area contributed by atoms with E-state index >= 15 is 0 Å². The molecule has 2 rings (SSSR count). The molecule has 1 heterocycles. The molecular weight excluding hydrogens is 347 g/mol. The van der Waals surface area contributed by atoms with Gasteiger partial charge in [-0.15, -0.1) is 0 Å². The molecule has 1 aromatic rings. The van der Waals surface area contributed by atoms with E-state index < -0.39 is 11.7 Å². The average molecular weight is 371 g/mol. The maximum atomic E-state index is 12.9. The van der Waals surface area contributed by atoms with Crippen molar-refractivity contribution in [3.05, 3.63) is 29.8 Å². The molecule has 0 bridgehead atoms. The number of likely N-dealkylation sites (N-methyl/N-ethyl adjacent to an activating group) is 1. The van der Waals surface area contributed by atoms with Gasteiger partial charge in [0.05, 0.1) is 12.1 Å². The van der Waals surface area contributed by atoms with Gasteiger partial charge >= 0.3 is 6.18 Å². The molecule has 1 aliphatic rings. The largest absolute Gasteiger partial charge is 0.416 e. The normalized spacial score (nSPS) is 15.8. The fourth-order valence-corrected chi connectivity index (χ4v) is 2.70. The van der Waals surface area contributed by atoms with E-state index in [-0.39, 0.29) is 12.5 Å². The van der Waals surface area contributed by atoms with Crippen LogP contribution in [0.2, 0.25) is 0 Å². The molecule has 1 aliphatic heterocycles. The molecule has 0 spiro atoms. The highest BCUT2D eigenvalue weighted by Gasteiger charge is 2.31. The van der Waals surface area contributed by atoms with Crippen LogP contribution in [0.3, 0.4) is 0 Å². The number of carbonyl (C=O) groups is 1. The molecule has 0 radical (unpaired) electrons. The summed E-state index contributed by atoms with van der Waals surface area (Å²) in [6, 6.07) is 5.37. The van der Waals surface area contributed by atoms with Crippen LogP contribution in [0.4, 0.5) is 18.9 Å². The van der Waals surface area contributed by atoms with E-state index in [1.54, 1.807) is 27.2 Å². The Bertz CT molecular complexity index is 652. The minimum absolute atomic E-state index is 0.0613. The van der Waals surface area contributed by atoms with Crippen molar-refractivity contribution in [1.82, 2.24) is 15.1 Å². The molecule has 26 heavy (non-hydrogen) atoms. The van der Waals surface area contributed by atoms with E-state index in [1.807, 2.05) is 9.80 Å². The van der Waals surface area contributed by atoms with Crippen molar-refractivity contribution in [3.8, 4) is 0 Å². The van der Waals surface area contributed by atoms with Gasteiger partial charge in [-0.25, -0.2) is 0 Å². The van der Waals surface area contributed by atoms with Crippen LogP contribution in [0.15, 0.2) is 29.3 Å². The van der Waals surface area contributed by atoms with E-state index in [2.05, 4.69) is 10.3 Å². The van der Waals surface area contributed by atoms with Crippen molar-refractivity contribution in [2.45, 2.75) is 6.18 Å². The Kier molecular flexibility index (Phi) is 6.33. The summed E-state index contributed by atoms with van der Waals surface area (Å²) in [5.41, 5.74) is -0.0812. The van der Waals surface area contributed by atoms with Gasteiger partial charge in [-0.1, -0.05) is 6.07 Å². The van der Waals surface area contributed by atoms with Gasteiger partial charge in [-0.3, -0.25) is 9.79 Å². The maximum Gasteiger partial charge on any atom is 0.416 e. The van der Waals surface area contributed by atoms with Crippen LogP contribution in [0.1, 0.15) is 5.56 Å². The van der Waals surface area contributed by atoms with Gasteiger partial charge in [-0.05, 0) is 18.2 Å². The highest BCUT2D eigenvalue weighted by atomic mass is 19.4. The summed E-state index contributed by atoms with van der Waals surface area (Å²) in [5.74, 6) is 0.553. The Balaban J connectivity index is 1.95. The number of nitrogens with zero attached hydrogens (tertiary/aromatic N) is 4. The van der Waals surface area contributed by atoms with Gasteiger partial charge in [0.1, 0.15) is 0 Å². The summed E-state index contributed by atoms with van der Waals surface area (Å²) in [6.45, 7) is 2.50. The first-order chi connectivity index (χ1) is 12.2. The van der Waals surface area contributed by atoms with E-state index in [1.165, 1.54) is 17.0 Å². The number of hydrogen-bond donors (Lipinski definition) is 1. The lowest BCUT2D eigenvalue weighted by Gasteiger charge is -2.37. The Hall–Kier alpha value is -2.45. The first-order valence-electron chi connectivity index (χ1n) is 8.30. The lowest BCUT2D eigenvalue weighted by atomic mass is 10.1. The van der Waals surface area contributed by atoms with Gasteiger partial charge in [0.2, 0.25) is 5.91 Å². The summed E-state index contributed by atoms with van der Waals surface area (Å²) in [6.07, 6.45) is -4.34. The molecule has 0 aromatic heterocycles. The highest BCUT2D eigenvalue weighted by molar-refractivity contribution is 5.86. The van der Waals surface area contributed by atoms with Gasteiger partial charge in [0, 0.05) is 53.0 Å². The zero-order valence-electron chi connectivity index (χ0n) is 15.2. The van der Waals surface area contributed by atoms with E-state index in [0.717, 1.165) is 6.07 Å². The van der Waals surface area contributed by atoms with Crippen LogP contribution in [0.25, 0.3) is 0 Å². The minimum Gasteiger partial charge on any atom is -0.368 e. The van der Waals surface area contributed by atoms with Gasteiger partial charge in [0.25, 0.3) is 0 Å². The molecule has 144 valence electrons. The Labute approximate surface area is 151 Å². The summed E-state index contributed by atoms with van der Waals surface area (Å²) in [4.78, 5) is 21.3. The molecule has 0 saturated carbocycles. The predicted molar refractivity (Wildman–Crippen MR) is 95.3 cm³/mol. The van der Waals surface area contributed by atoms with Crippen LogP contribution < -0.4 is 10.2 Å². The number of nitrogens with one attached hydrogen (secondary N) is 1. The maximum absolute atomic E-state index is 12.9. The second-order valence-corrected chi connectivity index (χ2v) is 6.21. The van der Waals surface area contributed by atoms with E-state index in [0.29, 0.717) is 37.8 Å². The van der Waals surface area contributed by atoms with Crippen LogP contribution in [0.5, 0.6) is 0 Å². The predicted octanol–water partition coefficient (Wildman–Crippen LogP) is 1.49. The fraction of sp³-hybridized carbons (Fsp3) is 0.529. The molecule has 1 N–H and O–H groups in total. The van der Waals surface area contributed by atoms with Crippen molar-refractivity contribution in [3.63, 3.8) is 0 Å². The molecular formula is C17H24F3N5O. The second-order valence-electron chi connectivity index (χ2n) is 6.21. The second kappa shape index (κ2) is 8.29. The minimum atomic E-state index is -4.34. The Morgan fingerprint density at radius 2 is 1.88 bits per heavy atom. The Morgan fingerprint density at radius 1 is 1.23 bits per heavy atom. The number of guanidine groups is 1. The molecule has 0 aliphatic carbocycles. The first kappa shape index (κ1) is 19.9. The van der Waals surface area contributed by atoms with Crippen molar-refractivity contribution in [2.24, 2.45) is 4.99 Å². The molecule has 0 unspecified atom stereocenters. The van der Waals surface area contributed by atoms with Crippen LogP contribution in [-0.2, 0) is 11.0 Å². The third-order valence-electron chi connectivity index (χ3n) is 4.23. The van der Waals surface area contributed by atoms with Crippen molar-refractivity contribution >= 4 is 17.6 Å².